The second-order valence-corrected chi connectivity index (χ2v) is 7.95. The molecule has 0 unspecified atom stereocenters. The molecule has 0 aromatic heterocycles. The Labute approximate surface area is 152 Å². The molecule has 1 rings (SSSR count). The first-order valence-corrected chi connectivity index (χ1v) is 8.81. The van der Waals surface area contributed by atoms with Crippen LogP contribution in [0.1, 0.15) is 12.8 Å². The van der Waals surface area contributed by atoms with Crippen molar-refractivity contribution >= 4 is 40.6 Å². The number of carbonyl (C=O) groups excluding carboxylic acids is 1. The first-order chi connectivity index (χ1) is 9.98. The molecular weight excluding hydrogens is 394 g/mol. The van der Waals surface area contributed by atoms with Crippen LogP contribution in [-0.4, -0.2) is 76.2 Å². The third-order valence-corrected chi connectivity index (χ3v) is 5.78. The number of likely N-dealkylation sites (N-methyl/N-ethyl adjacent to an activating group) is 1. The summed E-state index contributed by atoms with van der Waals surface area (Å²) in [5.74, 6) is -0.628. The van der Waals surface area contributed by atoms with Crippen molar-refractivity contribution in [2.24, 2.45) is 0 Å². The Hall–Kier alpha value is -0.290. The van der Waals surface area contributed by atoms with Crippen LogP contribution in [0.5, 0.6) is 0 Å². The Morgan fingerprint density at radius 3 is 2.17 bits per heavy atom. The molecule has 1 aliphatic heterocycles. The second-order valence-electron chi connectivity index (χ2n) is 5.63. The van der Waals surface area contributed by atoms with Crippen molar-refractivity contribution in [3.8, 4) is 0 Å². The fourth-order valence-corrected chi connectivity index (χ4v) is 3.86. The molecule has 24 heavy (non-hydrogen) atoms. The van der Waals surface area contributed by atoms with Crippen LogP contribution in [-0.2, 0) is 14.6 Å². The van der Waals surface area contributed by atoms with Crippen molar-refractivity contribution in [3.63, 3.8) is 0 Å². The van der Waals surface area contributed by atoms with Crippen LogP contribution >= 0.6 is 24.8 Å². The topological polar surface area (TPSA) is 78.5 Å². The lowest BCUT2D eigenvalue weighted by Gasteiger charge is -2.34. The van der Waals surface area contributed by atoms with Gasteiger partial charge in [0.1, 0.15) is 0 Å². The Bertz CT molecular complexity index is 498. The van der Waals surface area contributed by atoms with E-state index in [4.69, 9.17) is 0 Å². The monoisotopic (exact) mass is 417 g/mol. The first-order valence-electron chi connectivity index (χ1n) is 6.92. The minimum Gasteiger partial charge on any atom is -0.353 e. The standard InChI is InChI=1S/C12H22F3N3O3S.2ClH/c1-18(9-12(13,14)15)8-7-17-10(19)11(22(2,20)21)3-5-16-6-4-11;;/h16H,3-9H2,1-2H3,(H,17,19);2*1H. The summed E-state index contributed by atoms with van der Waals surface area (Å²) in [4.78, 5) is 13.3. The van der Waals surface area contributed by atoms with E-state index in [1.165, 1.54) is 7.05 Å². The highest BCUT2D eigenvalue weighted by molar-refractivity contribution is 7.92. The number of piperidine rings is 1. The summed E-state index contributed by atoms with van der Waals surface area (Å²) in [7, 11) is -2.32. The highest BCUT2D eigenvalue weighted by Gasteiger charge is 2.48. The van der Waals surface area contributed by atoms with Gasteiger partial charge in [0.15, 0.2) is 14.6 Å². The van der Waals surface area contributed by atoms with E-state index in [0.717, 1.165) is 11.2 Å². The van der Waals surface area contributed by atoms with E-state index in [1.807, 2.05) is 0 Å². The van der Waals surface area contributed by atoms with Crippen LogP contribution in [0.15, 0.2) is 0 Å². The van der Waals surface area contributed by atoms with Gasteiger partial charge in [0, 0.05) is 19.3 Å². The third-order valence-electron chi connectivity index (χ3n) is 3.76. The SMILES string of the molecule is CN(CCNC(=O)C1(S(C)(=O)=O)CCNCC1)CC(F)(F)F.Cl.Cl. The molecule has 1 heterocycles. The summed E-state index contributed by atoms with van der Waals surface area (Å²) in [5.41, 5.74) is 0. The lowest BCUT2D eigenvalue weighted by Crippen LogP contribution is -2.57. The molecule has 1 aliphatic rings. The van der Waals surface area contributed by atoms with Gasteiger partial charge in [0.05, 0.1) is 6.54 Å². The largest absolute Gasteiger partial charge is 0.401 e. The van der Waals surface area contributed by atoms with Crippen molar-refractivity contribution in [1.29, 1.82) is 0 Å². The molecule has 2 N–H and O–H groups in total. The molecule has 0 aromatic carbocycles. The molecule has 12 heteroatoms. The Morgan fingerprint density at radius 2 is 1.75 bits per heavy atom. The molecule has 1 amide bonds. The minimum absolute atomic E-state index is 0. The minimum atomic E-state index is -4.30. The maximum Gasteiger partial charge on any atom is 0.401 e. The van der Waals surface area contributed by atoms with Gasteiger partial charge in [-0.15, -0.1) is 24.8 Å². The van der Waals surface area contributed by atoms with Crippen LogP contribution < -0.4 is 10.6 Å². The zero-order valence-corrected chi connectivity index (χ0v) is 15.9. The van der Waals surface area contributed by atoms with Crippen molar-refractivity contribution in [2.75, 3.05) is 46.0 Å². The van der Waals surface area contributed by atoms with Crippen molar-refractivity contribution in [3.05, 3.63) is 0 Å². The zero-order chi connectivity index (χ0) is 17.0. The van der Waals surface area contributed by atoms with Crippen molar-refractivity contribution in [1.82, 2.24) is 15.5 Å². The fourth-order valence-electron chi connectivity index (χ4n) is 2.50. The Kier molecular flexibility index (Phi) is 10.8. The predicted molar refractivity (Wildman–Crippen MR) is 90.7 cm³/mol. The number of carbonyl (C=O) groups is 1. The van der Waals surface area contributed by atoms with Crippen LogP contribution in [0.3, 0.4) is 0 Å². The summed E-state index contributed by atoms with van der Waals surface area (Å²) in [6, 6.07) is 0. The number of nitrogens with zero attached hydrogens (tertiary/aromatic N) is 1. The van der Waals surface area contributed by atoms with E-state index in [1.54, 1.807) is 0 Å². The Balaban J connectivity index is 0. The van der Waals surface area contributed by atoms with Gasteiger partial charge in [-0.2, -0.15) is 13.2 Å². The van der Waals surface area contributed by atoms with Crippen LogP contribution in [0.25, 0.3) is 0 Å². The summed E-state index contributed by atoms with van der Waals surface area (Å²) >= 11 is 0. The smallest absolute Gasteiger partial charge is 0.353 e. The lowest BCUT2D eigenvalue weighted by molar-refractivity contribution is -0.142. The predicted octanol–water partition coefficient (Wildman–Crippen LogP) is 0.607. The second kappa shape index (κ2) is 10.0. The van der Waals surface area contributed by atoms with Crippen molar-refractivity contribution < 1.29 is 26.4 Å². The van der Waals surface area contributed by atoms with E-state index in [9.17, 15) is 26.4 Å². The average molecular weight is 418 g/mol. The number of rotatable bonds is 6. The van der Waals surface area contributed by atoms with E-state index < -0.39 is 33.2 Å². The highest BCUT2D eigenvalue weighted by Crippen LogP contribution is 2.27. The number of halogens is 5. The molecule has 0 spiro atoms. The molecule has 1 saturated heterocycles. The maximum atomic E-state index is 12.3. The normalized spacial score (nSPS) is 17.6. The molecule has 0 aliphatic carbocycles. The first kappa shape index (κ1) is 25.9. The van der Waals surface area contributed by atoms with Crippen LogP contribution in [0.2, 0.25) is 0 Å². The van der Waals surface area contributed by atoms with Crippen molar-refractivity contribution in [2.45, 2.75) is 23.8 Å². The van der Waals surface area contributed by atoms with Gasteiger partial charge in [0.25, 0.3) is 0 Å². The summed E-state index contributed by atoms with van der Waals surface area (Å²) < 4.78 is 59.0. The van der Waals surface area contributed by atoms with E-state index in [0.29, 0.717) is 13.1 Å². The molecule has 0 atom stereocenters. The highest BCUT2D eigenvalue weighted by atomic mass is 35.5. The molecule has 0 bridgehead atoms. The quantitative estimate of drug-likeness (QED) is 0.661. The van der Waals surface area contributed by atoms with Crippen LogP contribution in [0.4, 0.5) is 13.2 Å². The van der Waals surface area contributed by atoms with Gasteiger partial charge < -0.3 is 10.6 Å². The van der Waals surface area contributed by atoms with Gasteiger partial charge in [-0.25, -0.2) is 8.42 Å². The summed E-state index contributed by atoms with van der Waals surface area (Å²) in [6.07, 6.45) is -2.96. The fraction of sp³-hybridized carbons (Fsp3) is 0.917. The number of alkyl halides is 3. The lowest BCUT2D eigenvalue weighted by atomic mass is 9.96. The number of hydrogen-bond acceptors (Lipinski definition) is 5. The maximum absolute atomic E-state index is 12.3. The van der Waals surface area contributed by atoms with Gasteiger partial charge in [-0.3, -0.25) is 9.69 Å². The number of sulfone groups is 1. The molecule has 0 radical (unpaired) electrons. The van der Waals surface area contributed by atoms with Gasteiger partial charge in [-0.1, -0.05) is 0 Å². The number of hydrogen-bond donors (Lipinski definition) is 2. The van der Waals surface area contributed by atoms with Gasteiger partial charge >= 0.3 is 6.18 Å². The van der Waals surface area contributed by atoms with E-state index in [-0.39, 0.29) is 50.7 Å². The number of amides is 1. The molecular formula is C12H24Cl2F3N3O3S. The van der Waals surface area contributed by atoms with Gasteiger partial charge in [-0.05, 0) is 33.0 Å². The van der Waals surface area contributed by atoms with Crippen LogP contribution in [0, 0.1) is 0 Å². The molecule has 146 valence electrons. The zero-order valence-electron chi connectivity index (χ0n) is 13.5. The average Bonchev–Trinajstić information content (AvgIpc) is 2.36. The number of nitrogens with one attached hydrogen (secondary N) is 2. The molecule has 0 aromatic rings. The molecule has 1 fully saturated rings. The van der Waals surface area contributed by atoms with Gasteiger partial charge in [0.2, 0.25) is 5.91 Å². The third kappa shape index (κ3) is 7.30. The Morgan fingerprint density at radius 1 is 1.25 bits per heavy atom. The van der Waals surface area contributed by atoms with E-state index >= 15 is 0 Å². The molecule has 6 nitrogen and oxygen atoms in total. The van der Waals surface area contributed by atoms with E-state index in [2.05, 4.69) is 10.6 Å². The summed E-state index contributed by atoms with van der Waals surface area (Å²) in [6.45, 7) is -0.299. The molecule has 0 saturated carbocycles. The summed E-state index contributed by atoms with van der Waals surface area (Å²) in [5, 5.41) is 5.45.